The summed E-state index contributed by atoms with van der Waals surface area (Å²) in [5.74, 6) is -1.01. The van der Waals surface area contributed by atoms with Crippen molar-refractivity contribution in [1.29, 1.82) is 0 Å². The molecule has 0 aliphatic carbocycles. The highest BCUT2D eigenvalue weighted by Crippen LogP contribution is 2.18. The van der Waals surface area contributed by atoms with E-state index in [1.54, 1.807) is 13.0 Å². The molecule has 1 atom stereocenters. The second-order valence-electron chi connectivity index (χ2n) is 4.75. The monoisotopic (exact) mass is 279 g/mol. The summed E-state index contributed by atoms with van der Waals surface area (Å²) in [7, 11) is 5.29. The van der Waals surface area contributed by atoms with Crippen LogP contribution in [0.25, 0.3) is 0 Å². The third-order valence-electron chi connectivity index (χ3n) is 3.07. The molecule has 110 valence electrons. The molecule has 2 amide bonds. The van der Waals surface area contributed by atoms with Crippen molar-refractivity contribution < 1.29 is 14.7 Å². The Balaban J connectivity index is 2.80. The first-order valence-electron chi connectivity index (χ1n) is 6.40. The third kappa shape index (κ3) is 3.88. The maximum Gasteiger partial charge on any atom is 0.326 e. The maximum absolute atomic E-state index is 12.0. The van der Waals surface area contributed by atoms with E-state index < -0.39 is 18.0 Å². The summed E-state index contributed by atoms with van der Waals surface area (Å²) in [5, 5.41) is 11.8. The number of carboxylic acids is 1. The molecule has 20 heavy (non-hydrogen) atoms. The van der Waals surface area contributed by atoms with Crippen LogP contribution in [0.5, 0.6) is 0 Å². The first-order valence-corrected chi connectivity index (χ1v) is 6.40. The smallest absolute Gasteiger partial charge is 0.326 e. The van der Waals surface area contributed by atoms with Crippen LogP contribution in [0.15, 0.2) is 24.3 Å². The van der Waals surface area contributed by atoms with Gasteiger partial charge >= 0.3 is 12.0 Å². The van der Waals surface area contributed by atoms with E-state index in [9.17, 15) is 9.59 Å². The second kappa shape index (κ2) is 6.79. The molecule has 0 radical (unpaired) electrons. The van der Waals surface area contributed by atoms with Crippen molar-refractivity contribution in [2.45, 2.75) is 19.4 Å². The number of likely N-dealkylation sites (N-methyl/N-ethyl adjacent to an activating group) is 1. The normalized spacial score (nSPS) is 11.6. The summed E-state index contributed by atoms with van der Waals surface area (Å²) in [6, 6.07) is 6.08. The molecule has 6 nitrogen and oxygen atoms in total. The molecule has 0 spiro atoms. The van der Waals surface area contributed by atoms with E-state index in [1.165, 1.54) is 11.9 Å². The molecule has 0 aliphatic rings. The fourth-order valence-electron chi connectivity index (χ4n) is 1.83. The van der Waals surface area contributed by atoms with E-state index in [1.807, 2.05) is 37.2 Å². The molecule has 1 unspecified atom stereocenters. The highest BCUT2D eigenvalue weighted by atomic mass is 16.4. The van der Waals surface area contributed by atoms with Gasteiger partial charge in [0.1, 0.15) is 6.04 Å². The molecule has 1 aromatic rings. The number of hydrogen-bond donors (Lipinski definition) is 2. The molecule has 6 heteroatoms. The highest BCUT2D eigenvalue weighted by molar-refractivity contribution is 5.92. The van der Waals surface area contributed by atoms with Crippen molar-refractivity contribution in [1.82, 2.24) is 4.90 Å². The molecule has 2 N–H and O–H groups in total. The molecule has 0 saturated heterocycles. The Kier molecular flexibility index (Phi) is 5.37. The van der Waals surface area contributed by atoms with Crippen molar-refractivity contribution in [3.05, 3.63) is 24.3 Å². The predicted molar refractivity (Wildman–Crippen MR) is 79.3 cm³/mol. The molecule has 1 aromatic carbocycles. The van der Waals surface area contributed by atoms with Crippen molar-refractivity contribution in [3.8, 4) is 0 Å². The fraction of sp³-hybridized carbons (Fsp3) is 0.429. The van der Waals surface area contributed by atoms with Crippen LogP contribution < -0.4 is 10.2 Å². The Morgan fingerprint density at radius 3 is 2.45 bits per heavy atom. The zero-order chi connectivity index (χ0) is 15.3. The first-order chi connectivity index (χ1) is 9.36. The van der Waals surface area contributed by atoms with E-state index in [0.29, 0.717) is 12.1 Å². The first kappa shape index (κ1) is 15.8. The number of rotatable bonds is 5. The number of carbonyl (C=O) groups is 2. The van der Waals surface area contributed by atoms with Crippen LogP contribution in [0.1, 0.15) is 13.3 Å². The maximum atomic E-state index is 12.0. The minimum atomic E-state index is -1.01. The van der Waals surface area contributed by atoms with Crippen molar-refractivity contribution in [3.63, 3.8) is 0 Å². The summed E-state index contributed by atoms with van der Waals surface area (Å²) in [5.41, 5.74) is 1.59. The number of urea groups is 1. The largest absolute Gasteiger partial charge is 0.480 e. The van der Waals surface area contributed by atoms with Gasteiger partial charge in [-0.25, -0.2) is 9.59 Å². The predicted octanol–water partition coefficient (Wildman–Crippen LogP) is 2.08. The number of anilines is 2. The van der Waals surface area contributed by atoms with E-state index in [0.717, 1.165) is 5.69 Å². The molecular weight excluding hydrogens is 258 g/mol. The van der Waals surface area contributed by atoms with Crippen LogP contribution in [0.3, 0.4) is 0 Å². The van der Waals surface area contributed by atoms with E-state index >= 15 is 0 Å². The standard InChI is InChI=1S/C14H21N3O3/c1-5-12(13(18)19)17(4)14(20)15-10-7-6-8-11(9-10)16(2)3/h6-9,12H,5H2,1-4H3,(H,15,20)(H,18,19). The summed E-state index contributed by atoms with van der Waals surface area (Å²) in [6.45, 7) is 1.73. The van der Waals surface area contributed by atoms with E-state index in [4.69, 9.17) is 5.11 Å². The van der Waals surface area contributed by atoms with Crippen LogP contribution in [0, 0.1) is 0 Å². The minimum Gasteiger partial charge on any atom is -0.480 e. The Hall–Kier alpha value is -2.24. The average molecular weight is 279 g/mol. The van der Waals surface area contributed by atoms with Gasteiger partial charge in [-0.2, -0.15) is 0 Å². The van der Waals surface area contributed by atoms with Crippen molar-refractivity contribution >= 4 is 23.4 Å². The Labute approximate surface area is 119 Å². The Bertz CT molecular complexity index is 488. The van der Waals surface area contributed by atoms with Crippen LogP contribution in [0.4, 0.5) is 16.2 Å². The van der Waals surface area contributed by atoms with Gasteiger partial charge < -0.3 is 20.2 Å². The van der Waals surface area contributed by atoms with Gasteiger partial charge in [-0.15, -0.1) is 0 Å². The zero-order valence-corrected chi connectivity index (χ0v) is 12.3. The summed E-state index contributed by atoms with van der Waals surface area (Å²) < 4.78 is 0. The Morgan fingerprint density at radius 1 is 1.30 bits per heavy atom. The van der Waals surface area contributed by atoms with Gasteiger partial charge in [-0.05, 0) is 24.6 Å². The van der Waals surface area contributed by atoms with Gasteiger partial charge in [0.2, 0.25) is 0 Å². The van der Waals surface area contributed by atoms with E-state index in [-0.39, 0.29) is 0 Å². The van der Waals surface area contributed by atoms with Gasteiger partial charge in [0.15, 0.2) is 0 Å². The second-order valence-corrected chi connectivity index (χ2v) is 4.75. The SMILES string of the molecule is CCC(C(=O)O)N(C)C(=O)Nc1cccc(N(C)C)c1. The van der Waals surface area contributed by atoms with Gasteiger partial charge in [-0.3, -0.25) is 0 Å². The summed E-state index contributed by atoms with van der Waals surface area (Å²) >= 11 is 0. The molecule has 0 aromatic heterocycles. The van der Waals surface area contributed by atoms with Crippen molar-refractivity contribution in [2.24, 2.45) is 0 Å². The number of hydrogen-bond acceptors (Lipinski definition) is 3. The van der Waals surface area contributed by atoms with Gasteiger partial charge in [-0.1, -0.05) is 13.0 Å². The lowest BCUT2D eigenvalue weighted by Gasteiger charge is -2.24. The molecule has 0 aliphatic heterocycles. The van der Waals surface area contributed by atoms with Crippen LogP contribution in [0.2, 0.25) is 0 Å². The fourth-order valence-corrected chi connectivity index (χ4v) is 1.83. The lowest BCUT2D eigenvalue weighted by atomic mass is 10.2. The number of carboxylic acid groups (broad SMARTS) is 1. The number of nitrogens with zero attached hydrogens (tertiary/aromatic N) is 2. The lowest BCUT2D eigenvalue weighted by molar-refractivity contribution is -0.141. The number of aliphatic carboxylic acids is 1. The molecule has 1 rings (SSSR count). The third-order valence-corrected chi connectivity index (χ3v) is 3.07. The molecule has 0 heterocycles. The topological polar surface area (TPSA) is 72.9 Å². The summed E-state index contributed by atoms with van der Waals surface area (Å²) in [4.78, 5) is 26.2. The number of carbonyl (C=O) groups excluding carboxylic acids is 1. The lowest BCUT2D eigenvalue weighted by Crippen LogP contribution is -2.44. The number of amides is 2. The van der Waals surface area contributed by atoms with Crippen LogP contribution in [-0.2, 0) is 4.79 Å². The van der Waals surface area contributed by atoms with Crippen LogP contribution in [-0.4, -0.2) is 49.2 Å². The summed E-state index contributed by atoms with van der Waals surface area (Å²) in [6.07, 6.45) is 0.358. The van der Waals surface area contributed by atoms with Gasteiger partial charge in [0.05, 0.1) is 0 Å². The van der Waals surface area contributed by atoms with Crippen molar-refractivity contribution in [2.75, 3.05) is 31.4 Å². The quantitative estimate of drug-likeness (QED) is 0.865. The van der Waals surface area contributed by atoms with Gasteiger partial charge in [0, 0.05) is 32.5 Å². The average Bonchev–Trinajstić information content (AvgIpc) is 2.39. The number of benzene rings is 1. The molecular formula is C14H21N3O3. The zero-order valence-electron chi connectivity index (χ0n) is 12.3. The van der Waals surface area contributed by atoms with Crippen LogP contribution >= 0.6 is 0 Å². The minimum absolute atomic E-state index is 0.358. The Morgan fingerprint density at radius 2 is 1.95 bits per heavy atom. The molecule has 0 fully saturated rings. The number of nitrogens with one attached hydrogen (secondary N) is 1. The molecule has 0 saturated carbocycles. The van der Waals surface area contributed by atoms with E-state index in [2.05, 4.69) is 5.32 Å². The van der Waals surface area contributed by atoms with Gasteiger partial charge in [0.25, 0.3) is 0 Å². The highest BCUT2D eigenvalue weighted by Gasteiger charge is 2.24. The molecule has 0 bridgehead atoms.